The van der Waals surface area contributed by atoms with Crippen LogP contribution in [0.3, 0.4) is 0 Å². The quantitative estimate of drug-likeness (QED) is 0.713. The highest BCUT2D eigenvalue weighted by Crippen LogP contribution is 2.24. The van der Waals surface area contributed by atoms with Crippen LogP contribution in [0.4, 0.5) is 0 Å². The normalized spacial score (nSPS) is 10.3. The number of carboxylic acid groups (broad SMARTS) is 1. The molecule has 4 heteroatoms. The van der Waals surface area contributed by atoms with Crippen molar-refractivity contribution in [2.45, 2.75) is 0 Å². The van der Waals surface area contributed by atoms with Crippen LogP contribution in [0, 0.1) is 0 Å². The van der Waals surface area contributed by atoms with Crippen molar-refractivity contribution in [3.05, 3.63) is 89.5 Å². The molecule has 0 aliphatic heterocycles. The molecule has 0 aliphatic carbocycles. The fraction of sp³-hybridized carbons (Fsp3) is 0. The van der Waals surface area contributed by atoms with E-state index in [0.29, 0.717) is 5.56 Å². The minimum absolute atomic E-state index is 0.232. The Bertz CT molecular complexity index is 914. The number of rotatable bonds is 4. The van der Waals surface area contributed by atoms with Gasteiger partial charge in [0.1, 0.15) is 11.3 Å². The molecule has 0 aromatic heterocycles. The number of aromatic hydroxyl groups is 1. The van der Waals surface area contributed by atoms with Crippen molar-refractivity contribution in [3.63, 3.8) is 0 Å². The van der Waals surface area contributed by atoms with Crippen LogP contribution in [0.1, 0.15) is 26.3 Å². The van der Waals surface area contributed by atoms with Gasteiger partial charge in [-0.05, 0) is 35.4 Å². The summed E-state index contributed by atoms with van der Waals surface area (Å²) in [6.07, 6.45) is 0. The number of aromatic carboxylic acids is 1. The molecule has 4 nitrogen and oxygen atoms in total. The third-order valence-electron chi connectivity index (χ3n) is 3.72. The number of carbonyl (C=O) groups is 2. The second-order valence-electron chi connectivity index (χ2n) is 5.31. The Morgan fingerprint density at radius 1 is 0.708 bits per heavy atom. The van der Waals surface area contributed by atoms with E-state index in [2.05, 4.69) is 0 Å². The van der Waals surface area contributed by atoms with Gasteiger partial charge in [-0.1, -0.05) is 48.5 Å². The molecule has 0 heterocycles. The van der Waals surface area contributed by atoms with Crippen molar-refractivity contribution in [2.75, 3.05) is 0 Å². The van der Waals surface area contributed by atoms with Crippen LogP contribution in [0.2, 0.25) is 0 Å². The molecule has 0 radical (unpaired) electrons. The maximum Gasteiger partial charge on any atom is 0.339 e. The van der Waals surface area contributed by atoms with E-state index in [1.165, 1.54) is 18.2 Å². The molecule has 2 N–H and O–H groups in total. The first kappa shape index (κ1) is 15.5. The Hall–Kier alpha value is -3.40. The topological polar surface area (TPSA) is 74.6 Å². The lowest BCUT2D eigenvalue weighted by Crippen LogP contribution is -2.03. The molecule has 3 rings (SSSR count). The third-order valence-corrected chi connectivity index (χ3v) is 3.72. The van der Waals surface area contributed by atoms with E-state index in [1.54, 1.807) is 18.2 Å². The minimum Gasteiger partial charge on any atom is -0.507 e. The fourth-order valence-electron chi connectivity index (χ4n) is 2.49. The van der Waals surface area contributed by atoms with Gasteiger partial charge in [-0.15, -0.1) is 0 Å². The number of phenols is 1. The average molecular weight is 318 g/mol. The summed E-state index contributed by atoms with van der Waals surface area (Å²) in [5.74, 6) is -1.94. The lowest BCUT2D eigenvalue weighted by Gasteiger charge is -2.07. The minimum atomic E-state index is -1.24. The SMILES string of the molecule is O=C(c1cccc(-c2ccccc2)c1)c1ccc(C(=O)O)c(O)c1. The molecule has 0 unspecified atom stereocenters. The first-order valence-corrected chi connectivity index (χ1v) is 7.33. The maximum atomic E-state index is 12.6. The molecule has 0 spiro atoms. The molecule has 24 heavy (non-hydrogen) atoms. The Morgan fingerprint density at radius 3 is 2.04 bits per heavy atom. The average Bonchev–Trinajstić information content (AvgIpc) is 2.61. The highest BCUT2D eigenvalue weighted by atomic mass is 16.4. The third kappa shape index (κ3) is 3.03. The van der Waals surface area contributed by atoms with Gasteiger partial charge in [0, 0.05) is 11.1 Å². The molecule has 0 amide bonds. The van der Waals surface area contributed by atoms with Gasteiger partial charge in [-0.25, -0.2) is 4.79 Å². The number of hydrogen-bond donors (Lipinski definition) is 2. The molecule has 118 valence electrons. The summed E-state index contributed by atoms with van der Waals surface area (Å²) in [7, 11) is 0. The van der Waals surface area contributed by atoms with Crippen LogP contribution in [0.5, 0.6) is 5.75 Å². The maximum absolute atomic E-state index is 12.6. The summed E-state index contributed by atoms with van der Waals surface area (Å²) in [5, 5.41) is 18.7. The zero-order chi connectivity index (χ0) is 17.1. The van der Waals surface area contributed by atoms with Crippen LogP contribution in [0.25, 0.3) is 11.1 Å². The zero-order valence-electron chi connectivity index (χ0n) is 12.6. The van der Waals surface area contributed by atoms with Gasteiger partial charge in [0.2, 0.25) is 0 Å². The van der Waals surface area contributed by atoms with Crippen molar-refractivity contribution in [1.82, 2.24) is 0 Å². The molecule has 0 atom stereocenters. The highest BCUT2D eigenvalue weighted by molar-refractivity contribution is 6.10. The largest absolute Gasteiger partial charge is 0.507 e. The molecule has 0 saturated carbocycles. The number of hydrogen-bond acceptors (Lipinski definition) is 3. The van der Waals surface area contributed by atoms with E-state index < -0.39 is 11.7 Å². The summed E-state index contributed by atoms with van der Waals surface area (Å²) in [4.78, 5) is 23.5. The predicted molar refractivity (Wildman–Crippen MR) is 90.4 cm³/mol. The molecule has 0 fully saturated rings. The van der Waals surface area contributed by atoms with Crippen molar-refractivity contribution in [1.29, 1.82) is 0 Å². The Labute approximate surface area is 138 Å². The van der Waals surface area contributed by atoms with E-state index in [4.69, 9.17) is 5.11 Å². The molecular weight excluding hydrogens is 304 g/mol. The molecular formula is C20H14O4. The van der Waals surface area contributed by atoms with Crippen molar-refractivity contribution < 1.29 is 19.8 Å². The smallest absolute Gasteiger partial charge is 0.339 e. The zero-order valence-corrected chi connectivity index (χ0v) is 12.6. The second kappa shape index (κ2) is 6.38. The van der Waals surface area contributed by atoms with Gasteiger partial charge >= 0.3 is 5.97 Å². The Morgan fingerprint density at radius 2 is 1.38 bits per heavy atom. The fourth-order valence-corrected chi connectivity index (χ4v) is 2.49. The van der Waals surface area contributed by atoms with Gasteiger partial charge in [0.15, 0.2) is 5.78 Å². The van der Waals surface area contributed by atoms with E-state index in [-0.39, 0.29) is 16.9 Å². The molecule has 3 aromatic carbocycles. The van der Waals surface area contributed by atoms with Crippen molar-refractivity contribution in [2.24, 2.45) is 0 Å². The van der Waals surface area contributed by atoms with E-state index >= 15 is 0 Å². The summed E-state index contributed by atoms with van der Waals surface area (Å²) in [6.45, 7) is 0. The van der Waals surface area contributed by atoms with Crippen LogP contribution in [-0.2, 0) is 0 Å². The Kier molecular flexibility index (Phi) is 4.12. The second-order valence-corrected chi connectivity index (χ2v) is 5.31. The predicted octanol–water partition coefficient (Wildman–Crippen LogP) is 3.99. The molecule has 3 aromatic rings. The molecule has 0 bridgehead atoms. The molecule has 0 saturated heterocycles. The highest BCUT2D eigenvalue weighted by Gasteiger charge is 2.15. The van der Waals surface area contributed by atoms with Crippen molar-refractivity contribution >= 4 is 11.8 Å². The summed E-state index contributed by atoms with van der Waals surface area (Å²) in [5.41, 5.74) is 2.38. The van der Waals surface area contributed by atoms with Gasteiger partial charge in [-0.3, -0.25) is 4.79 Å². The van der Waals surface area contributed by atoms with Gasteiger partial charge in [0.25, 0.3) is 0 Å². The first-order chi connectivity index (χ1) is 11.6. The van der Waals surface area contributed by atoms with E-state index in [1.807, 2.05) is 36.4 Å². The summed E-state index contributed by atoms with van der Waals surface area (Å²) in [6, 6.07) is 20.7. The lowest BCUT2D eigenvalue weighted by atomic mass is 9.97. The van der Waals surface area contributed by atoms with Gasteiger partial charge < -0.3 is 10.2 Å². The monoisotopic (exact) mass is 318 g/mol. The van der Waals surface area contributed by atoms with Gasteiger partial charge in [-0.2, -0.15) is 0 Å². The summed E-state index contributed by atoms with van der Waals surface area (Å²) < 4.78 is 0. The standard InChI is InChI=1S/C20H14O4/c21-18-12-16(9-10-17(18)20(23)24)19(22)15-8-4-7-14(11-15)13-5-2-1-3-6-13/h1-12,21H,(H,23,24). The van der Waals surface area contributed by atoms with E-state index in [0.717, 1.165) is 11.1 Å². The van der Waals surface area contributed by atoms with E-state index in [9.17, 15) is 14.7 Å². The summed E-state index contributed by atoms with van der Waals surface area (Å²) >= 11 is 0. The van der Waals surface area contributed by atoms with Crippen LogP contribution in [-0.4, -0.2) is 22.0 Å². The Balaban J connectivity index is 1.96. The van der Waals surface area contributed by atoms with Crippen molar-refractivity contribution in [3.8, 4) is 16.9 Å². The van der Waals surface area contributed by atoms with Crippen LogP contribution in [0.15, 0.2) is 72.8 Å². The number of carbonyl (C=O) groups excluding carboxylic acids is 1. The molecule has 0 aliphatic rings. The van der Waals surface area contributed by atoms with Crippen LogP contribution >= 0.6 is 0 Å². The number of ketones is 1. The first-order valence-electron chi connectivity index (χ1n) is 7.33. The number of carboxylic acids is 1. The lowest BCUT2D eigenvalue weighted by molar-refractivity contribution is 0.0693. The number of benzene rings is 3. The van der Waals surface area contributed by atoms with Gasteiger partial charge in [0.05, 0.1) is 0 Å². The van der Waals surface area contributed by atoms with Crippen LogP contribution < -0.4 is 0 Å².